The van der Waals surface area contributed by atoms with Crippen LogP contribution in [0.25, 0.3) is 0 Å². The molecule has 29 heavy (non-hydrogen) atoms. The number of piperidine rings is 1. The number of hydrogen-bond donors (Lipinski definition) is 0. The first-order valence-corrected chi connectivity index (χ1v) is 10.2. The standard InChI is InChI=1S/C24H27NO4/c1-24(2,22(26)21-16-28-21)29-20-12-6-10-18(14-20)19-11-7-13-25(15-19)23(27)17-8-4-3-5-9-17/h3-6,8-10,12,14,19,21H,7,11,13,15-16H2,1-2H3. The molecule has 2 fully saturated rings. The second-order valence-corrected chi connectivity index (χ2v) is 8.33. The number of epoxide rings is 1. The van der Waals surface area contributed by atoms with Crippen molar-refractivity contribution >= 4 is 11.7 Å². The molecule has 2 atom stereocenters. The summed E-state index contributed by atoms with van der Waals surface area (Å²) in [5.74, 6) is 0.984. The predicted octanol–water partition coefficient (Wildman–Crippen LogP) is 3.83. The van der Waals surface area contributed by atoms with Gasteiger partial charge in [-0.3, -0.25) is 9.59 Å². The summed E-state index contributed by atoms with van der Waals surface area (Å²) in [5, 5.41) is 0. The predicted molar refractivity (Wildman–Crippen MR) is 110 cm³/mol. The van der Waals surface area contributed by atoms with E-state index in [-0.39, 0.29) is 23.7 Å². The molecular weight excluding hydrogens is 366 g/mol. The van der Waals surface area contributed by atoms with E-state index in [4.69, 9.17) is 9.47 Å². The first-order chi connectivity index (χ1) is 13.9. The fourth-order valence-electron chi connectivity index (χ4n) is 3.96. The molecule has 2 heterocycles. The van der Waals surface area contributed by atoms with Gasteiger partial charge >= 0.3 is 0 Å². The van der Waals surface area contributed by atoms with Gasteiger partial charge < -0.3 is 14.4 Å². The van der Waals surface area contributed by atoms with Gasteiger partial charge in [0.15, 0.2) is 5.60 Å². The first-order valence-electron chi connectivity index (χ1n) is 10.2. The second-order valence-electron chi connectivity index (χ2n) is 8.33. The van der Waals surface area contributed by atoms with E-state index in [0.717, 1.165) is 30.5 Å². The summed E-state index contributed by atoms with van der Waals surface area (Å²) in [4.78, 5) is 27.1. The Balaban J connectivity index is 1.46. The minimum absolute atomic E-state index is 0.0276. The van der Waals surface area contributed by atoms with E-state index in [0.29, 0.717) is 18.9 Å². The summed E-state index contributed by atoms with van der Waals surface area (Å²) < 4.78 is 11.1. The Morgan fingerprint density at radius 2 is 1.86 bits per heavy atom. The van der Waals surface area contributed by atoms with Crippen LogP contribution in [0.4, 0.5) is 0 Å². The van der Waals surface area contributed by atoms with Gasteiger partial charge in [0.1, 0.15) is 11.9 Å². The van der Waals surface area contributed by atoms with Gasteiger partial charge in [0, 0.05) is 24.6 Å². The van der Waals surface area contributed by atoms with Crippen LogP contribution < -0.4 is 4.74 Å². The van der Waals surface area contributed by atoms with E-state index in [9.17, 15) is 9.59 Å². The smallest absolute Gasteiger partial charge is 0.253 e. The second kappa shape index (κ2) is 7.99. The van der Waals surface area contributed by atoms with Crippen molar-refractivity contribution in [3.8, 4) is 5.75 Å². The number of nitrogens with zero attached hydrogens (tertiary/aromatic N) is 1. The highest BCUT2D eigenvalue weighted by Crippen LogP contribution is 2.31. The summed E-state index contributed by atoms with van der Waals surface area (Å²) >= 11 is 0. The monoisotopic (exact) mass is 393 g/mol. The Kier molecular flexibility index (Phi) is 5.41. The fraction of sp³-hybridized carbons (Fsp3) is 0.417. The van der Waals surface area contributed by atoms with Crippen LogP contribution in [-0.4, -0.2) is 48.0 Å². The Hall–Kier alpha value is -2.66. The molecule has 2 saturated heterocycles. The highest BCUT2D eigenvalue weighted by molar-refractivity contribution is 5.94. The largest absolute Gasteiger partial charge is 0.480 e. The van der Waals surface area contributed by atoms with Crippen molar-refractivity contribution in [3.63, 3.8) is 0 Å². The number of carbonyl (C=O) groups is 2. The molecule has 1 amide bonds. The van der Waals surface area contributed by atoms with Crippen molar-refractivity contribution in [1.82, 2.24) is 4.90 Å². The first kappa shape index (κ1) is 19.6. The maximum Gasteiger partial charge on any atom is 0.253 e. The number of likely N-dealkylation sites (tertiary alicyclic amines) is 1. The Labute approximate surface area is 171 Å². The van der Waals surface area contributed by atoms with Crippen LogP contribution in [-0.2, 0) is 9.53 Å². The number of Topliss-reactive ketones (excluding diaryl/α,β-unsaturated/α-hetero) is 1. The summed E-state index contributed by atoms with van der Waals surface area (Å²) in [6.07, 6.45) is 1.67. The van der Waals surface area contributed by atoms with Crippen LogP contribution in [0, 0.1) is 0 Å². The van der Waals surface area contributed by atoms with Gasteiger partial charge in [-0.15, -0.1) is 0 Å². The van der Waals surface area contributed by atoms with E-state index < -0.39 is 5.60 Å². The molecule has 0 aromatic heterocycles. The lowest BCUT2D eigenvalue weighted by Gasteiger charge is -2.33. The lowest BCUT2D eigenvalue weighted by molar-refractivity contribution is -0.133. The topological polar surface area (TPSA) is 59.1 Å². The minimum Gasteiger partial charge on any atom is -0.480 e. The van der Waals surface area contributed by atoms with Crippen molar-refractivity contribution in [1.29, 1.82) is 0 Å². The normalized spacial score (nSPS) is 21.5. The molecule has 0 spiro atoms. The van der Waals surface area contributed by atoms with E-state index >= 15 is 0 Å². The zero-order valence-electron chi connectivity index (χ0n) is 17.0. The summed E-state index contributed by atoms with van der Waals surface area (Å²) in [6.45, 7) is 5.52. The zero-order chi connectivity index (χ0) is 20.4. The quantitative estimate of drug-likeness (QED) is 0.700. The zero-order valence-corrected chi connectivity index (χ0v) is 17.0. The third-order valence-corrected chi connectivity index (χ3v) is 5.65. The molecule has 2 aliphatic heterocycles. The molecule has 0 N–H and O–H groups in total. The Bertz CT molecular complexity index is 889. The number of rotatable bonds is 6. The molecule has 0 aliphatic carbocycles. The third kappa shape index (κ3) is 4.51. The van der Waals surface area contributed by atoms with Crippen LogP contribution in [0.3, 0.4) is 0 Å². The number of ketones is 1. The molecule has 0 radical (unpaired) electrons. The molecule has 0 bridgehead atoms. The third-order valence-electron chi connectivity index (χ3n) is 5.65. The highest BCUT2D eigenvalue weighted by Gasteiger charge is 2.42. The molecule has 2 aliphatic rings. The van der Waals surface area contributed by atoms with E-state index in [1.165, 1.54) is 0 Å². The van der Waals surface area contributed by atoms with Crippen molar-refractivity contribution in [2.75, 3.05) is 19.7 Å². The molecule has 5 heteroatoms. The lowest BCUT2D eigenvalue weighted by atomic mass is 9.90. The number of ether oxygens (including phenoxy) is 2. The summed E-state index contributed by atoms with van der Waals surface area (Å²) in [6, 6.07) is 17.3. The summed E-state index contributed by atoms with van der Waals surface area (Å²) in [5.41, 5.74) is 0.938. The molecule has 0 saturated carbocycles. The molecule has 152 valence electrons. The van der Waals surface area contributed by atoms with Crippen LogP contribution in [0.5, 0.6) is 5.75 Å². The van der Waals surface area contributed by atoms with E-state index in [1.807, 2.05) is 53.4 Å². The fourth-order valence-corrected chi connectivity index (χ4v) is 3.96. The lowest BCUT2D eigenvalue weighted by Crippen LogP contribution is -2.41. The molecule has 4 rings (SSSR count). The van der Waals surface area contributed by atoms with Gasteiger partial charge in [-0.2, -0.15) is 0 Å². The average Bonchev–Trinajstić information content (AvgIpc) is 3.58. The van der Waals surface area contributed by atoms with Gasteiger partial charge in [0.25, 0.3) is 5.91 Å². The highest BCUT2D eigenvalue weighted by atomic mass is 16.6. The van der Waals surface area contributed by atoms with Crippen molar-refractivity contribution in [3.05, 3.63) is 65.7 Å². The molecular formula is C24H27NO4. The number of carbonyl (C=O) groups excluding carboxylic acids is 2. The van der Waals surface area contributed by atoms with Gasteiger partial charge in [-0.05, 0) is 56.5 Å². The Morgan fingerprint density at radius 3 is 2.59 bits per heavy atom. The SMILES string of the molecule is CC(C)(Oc1cccc(C2CCCN(C(=O)c3ccccc3)C2)c1)C(=O)C1CO1. The molecule has 2 aromatic carbocycles. The molecule has 2 aromatic rings. The van der Waals surface area contributed by atoms with E-state index in [1.54, 1.807) is 13.8 Å². The van der Waals surface area contributed by atoms with Crippen molar-refractivity contribution in [2.24, 2.45) is 0 Å². The van der Waals surface area contributed by atoms with Gasteiger partial charge in [0.05, 0.1) is 6.61 Å². The van der Waals surface area contributed by atoms with Crippen molar-refractivity contribution < 1.29 is 19.1 Å². The van der Waals surface area contributed by atoms with Crippen LogP contribution in [0.2, 0.25) is 0 Å². The van der Waals surface area contributed by atoms with E-state index in [2.05, 4.69) is 6.07 Å². The molecule has 5 nitrogen and oxygen atoms in total. The van der Waals surface area contributed by atoms with Crippen LogP contribution in [0.15, 0.2) is 54.6 Å². The van der Waals surface area contributed by atoms with Crippen LogP contribution in [0.1, 0.15) is 48.5 Å². The Morgan fingerprint density at radius 1 is 1.10 bits per heavy atom. The van der Waals surface area contributed by atoms with Crippen LogP contribution >= 0.6 is 0 Å². The average molecular weight is 393 g/mol. The number of benzene rings is 2. The minimum atomic E-state index is -0.929. The molecule has 2 unspecified atom stereocenters. The maximum absolute atomic E-state index is 12.8. The number of hydrogen-bond acceptors (Lipinski definition) is 4. The van der Waals surface area contributed by atoms with Gasteiger partial charge in [-0.25, -0.2) is 0 Å². The number of amides is 1. The van der Waals surface area contributed by atoms with Gasteiger partial charge in [0.2, 0.25) is 5.78 Å². The van der Waals surface area contributed by atoms with Crippen molar-refractivity contribution in [2.45, 2.75) is 44.3 Å². The summed E-state index contributed by atoms with van der Waals surface area (Å²) in [7, 11) is 0. The van der Waals surface area contributed by atoms with Gasteiger partial charge in [-0.1, -0.05) is 30.3 Å². The maximum atomic E-state index is 12.8.